The lowest BCUT2D eigenvalue weighted by Gasteiger charge is -2.21. The summed E-state index contributed by atoms with van der Waals surface area (Å²) in [6.07, 6.45) is 2.80. The van der Waals surface area contributed by atoms with Crippen LogP contribution in [-0.2, 0) is 4.79 Å². The van der Waals surface area contributed by atoms with Crippen LogP contribution in [0.1, 0.15) is 19.3 Å². The van der Waals surface area contributed by atoms with Gasteiger partial charge in [0.05, 0.1) is 6.42 Å². The molecule has 2 N–H and O–H groups in total. The molecule has 0 bridgehead atoms. The minimum absolute atomic E-state index is 0.238. The Labute approximate surface area is 83.3 Å². The van der Waals surface area contributed by atoms with Gasteiger partial charge in [0.15, 0.2) is 0 Å². The lowest BCUT2D eigenvalue weighted by Crippen LogP contribution is -2.27. The first-order chi connectivity index (χ1) is 6.29. The zero-order valence-corrected chi connectivity index (χ0v) is 8.61. The number of carboxylic acid groups (broad SMARTS) is 1. The maximum Gasteiger partial charge on any atom is 0.304 e. The average Bonchev–Trinajstić information content (AvgIpc) is 2.14. The highest BCUT2D eigenvalue weighted by atomic mass is 32.2. The summed E-state index contributed by atoms with van der Waals surface area (Å²) in [5.41, 5.74) is 0. The molecule has 0 aromatic heterocycles. The Morgan fingerprint density at radius 2 is 2.15 bits per heavy atom. The van der Waals surface area contributed by atoms with Gasteiger partial charge in [-0.1, -0.05) is 0 Å². The van der Waals surface area contributed by atoms with Crippen LogP contribution in [0.3, 0.4) is 0 Å². The number of carboxylic acids is 1. The minimum Gasteiger partial charge on any atom is -0.481 e. The topological polar surface area (TPSA) is 49.3 Å². The van der Waals surface area contributed by atoms with Crippen LogP contribution in [0, 0.1) is 5.92 Å². The van der Waals surface area contributed by atoms with Crippen LogP contribution in [0.5, 0.6) is 0 Å². The van der Waals surface area contributed by atoms with E-state index in [0.717, 1.165) is 12.5 Å². The summed E-state index contributed by atoms with van der Waals surface area (Å²) < 4.78 is 0. The van der Waals surface area contributed by atoms with Gasteiger partial charge in [0.2, 0.25) is 0 Å². The van der Waals surface area contributed by atoms with Gasteiger partial charge < -0.3 is 10.4 Å². The van der Waals surface area contributed by atoms with Gasteiger partial charge >= 0.3 is 5.97 Å². The molecule has 1 saturated heterocycles. The zero-order chi connectivity index (χ0) is 9.52. The summed E-state index contributed by atoms with van der Waals surface area (Å²) in [5, 5.41) is 11.6. The van der Waals surface area contributed by atoms with Gasteiger partial charge in [0.1, 0.15) is 0 Å². The van der Waals surface area contributed by atoms with E-state index in [1.165, 1.54) is 24.3 Å². The van der Waals surface area contributed by atoms with Crippen molar-refractivity contribution in [3.05, 3.63) is 0 Å². The number of hydrogen-bond donors (Lipinski definition) is 2. The van der Waals surface area contributed by atoms with E-state index in [4.69, 9.17) is 5.11 Å². The van der Waals surface area contributed by atoms with E-state index in [2.05, 4.69) is 5.32 Å². The van der Waals surface area contributed by atoms with E-state index in [-0.39, 0.29) is 6.42 Å². The van der Waals surface area contributed by atoms with E-state index < -0.39 is 5.97 Å². The third-order valence-corrected chi connectivity index (χ3v) is 3.34. The van der Waals surface area contributed by atoms with Crippen LogP contribution >= 0.6 is 11.8 Å². The van der Waals surface area contributed by atoms with Gasteiger partial charge in [-0.2, -0.15) is 11.8 Å². The first-order valence-corrected chi connectivity index (χ1v) is 5.95. The zero-order valence-electron chi connectivity index (χ0n) is 7.79. The molecule has 0 aromatic carbocycles. The molecule has 0 saturated carbocycles. The third-order valence-electron chi connectivity index (χ3n) is 2.29. The van der Waals surface area contributed by atoms with Gasteiger partial charge in [-0.05, 0) is 36.8 Å². The number of thioether (sulfide) groups is 1. The Bertz CT molecular complexity index is 158. The van der Waals surface area contributed by atoms with Crippen molar-refractivity contribution in [3.63, 3.8) is 0 Å². The monoisotopic (exact) mass is 203 g/mol. The number of rotatable bonds is 5. The van der Waals surface area contributed by atoms with Crippen LogP contribution in [0.4, 0.5) is 0 Å². The normalized spacial score (nSPS) is 18.8. The van der Waals surface area contributed by atoms with Crippen molar-refractivity contribution in [1.82, 2.24) is 5.32 Å². The largest absolute Gasteiger partial charge is 0.481 e. The first-order valence-electron chi connectivity index (χ1n) is 4.79. The van der Waals surface area contributed by atoms with Crippen LogP contribution < -0.4 is 5.32 Å². The van der Waals surface area contributed by atoms with Crippen molar-refractivity contribution < 1.29 is 9.90 Å². The van der Waals surface area contributed by atoms with E-state index in [0.29, 0.717) is 6.54 Å². The van der Waals surface area contributed by atoms with Crippen molar-refractivity contribution in [2.45, 2.75) is 19.3 Å². The molecule has 4 heteroatoms. The number of hydrogen-bond acceptors (Lipinski definition) is 3. The van der Waals surface area contributed by atoms with Crippen LogP contribution in [0.2, 0.25) is 0 Å². The quantitative estimate of drug-likeness (QED) is 0.659. The molecular formula is C9H17NO2S. The lowest BCUT2D eigenvalue weighted by molar-refractivity contribution is -0.136. The molecular weight excluding hydrogens is 186 g/mol. The van der Waals surface area contributed by atoms with Crippen LogP contribution in [0.25, 0.3) is 0 Å². The van der Waals surface area contributed by atoms with E-state index >= 15 is 0 Å². The molecule has 1 aliphatic heterocycles. The summed E-state index contributed by atoms with van der Waals surface area (Å²) in [6.45, 7) is 1.60. The number of carbonyl (C=O) groups is 1. The van der Waals surface area contributed by atoms with Crippen LogP contribution in [-0.4, -0.2) is 35.7 Å². The Kier molecular flexibility index (Phi) is 5.23. The fourth-order valence-corrected chi connectivity index (χ4v) is 2.66. The molecule has 0 aliphatic carbocycles. The maximum absolute atomic E-state index is 10.2. The summed E-state index contributed by atoms with van der Waals surface area (Å²) in [6, 6.07) is 0. The van der Waals surface area contributed by atoms with Gasteiger partial charge in [-0.3, -0.25) is 4.79 Å². The van der Waals surface area contributed by atoms with Crippen molar-refractivity contribution in [2.24, 2.45) is 5.92 Å². The van der Waals surface area contributed by atoms with Crippen molar-refractivity contribution in [2.75, 3.05) is 24.6 Å². The second kappa shape index (κ2) is 6.27. The molecule has 0 radical (unpaired) electrons. The molecule has 0 atom stereocenters. The average molecular weight is 203 g/mol. The Balaban J connectivity index is 1.95. The molecule has 0 unspecified atom stereocenters. The van der Waals surface area contributed by atoms with E-state index in [1.807, 2.05) is 11.8 Å². The molecule has 0 spiro atoms. The second-order valence-corrected chi connectivity index (χ2v) is 4.63. The molecule has 1 heterocycles. The SMILES string of the molecule is O=C(O)CCNCC1CCSCC1. The predicted octanol–water partition coefficient (Wildman–Crippen LogP) is 1.19. The molecule has 1 aliphatic rings. The summed E-state index contributed by atoms with van der Waals surface area (Å²) in [7, 11) is 0. The lowest BCUT2D eigenvalue weighted by atomic mass is 10.0. The highest BCUT2D eigenvalue weighted by molar-refractivity contribution is 7.99. The Hall–Kier alpha value is -0.220. The Morgan fingerprint density at radius 3 is 2.77 bits per heavy atom. The highest BCUT2D eigenvalue weighted by Gasteiger charge is 2.12. The molecule has 13 heavy (non-hydrogen) atoms. The molecule has 76 valence electrons. The summed E-state index contributed by atoms with van der Waals surface area (Å²) >= 11 is 2.02. The van der Waals surface area contributed by atoms with Gasteiger partial charge in [0.25, 0.3) is 0 Å². The highest BCUT2D eigenvalue weighted by Crippen LogP contribution is 2.21. The van der Waals surface area contributed by atoms with E-state index in [1.54, 1.807) is 0 Å². The Morgan fingerprint density at radius 1 is 1.46 bits per heavy atom. The van der Waals surface area contributed by atoms with Crippen molar-refractivity contribution >= 4 is 17.7 Å². The van der Waals surface area contributed by atoms with Gasteiger partial charge in [-0.15, -0.1) is 0 Å². The first kappa shape index (κ1) is 10.9. The maximum atomic E-state index is 10.2. The smallest absolute Gasteiger partial charge is 0.304 e. The molecule has 0 amide bonds. The van der Waals surface area contributed by atoms with Gasteiger partial charge in [-0.25, -0.2) is 0 Å². The number of nitrogens with one attached hydrogen (secondary N) is 1. The third kappa shape index (κ3) is 5.16. The fraction of sp³-hybridized carbons (Fsp3) is 0.889. The van der Waals surface area contributed by atoms with Crippen molar-refractivity contribution in [3.8, 4) is 0 Å². The molecule has 1 rings (SSSR count). The van der Waals surface area contributed by atoms with Crippen LogP contribution in [0.15, 0.2) is 0 Å². The summed E-state index contributed by atoms with van der Waals surface area (Å²) in [4.78, 5) is 10.2. The molecule has 1 fully saturated rings. The minimum atomic E-state index is -0.716. The van der Waals surface area contributed by atoms with E-state index in [9.17, 15) is 4.79 Å². The second-order valence-electron chi connectivity index (χ2n) is 3.40. The standard InChI is InChI=1S/C9H17NO2S/c11-9(12)1-4-10-7-8-2-5-13-6-3-8/h8,10H,1-7H2,(H,11,12). The summed E-state index contributed by atoms with van der Waals surface area (Å²) in [5.74, 6) is 2.60. The predicted molar refractivity (Wildman–Crippen MR) is 55.2 cm³/mol. The van der Waals surface area contributed by atoms with Crippen molar-refractivity contribution in [1.29, 1.82) is 0 Å². The number of aliphatic carboxylic acids is 1. The fourth-order valence-electron chi connectivity index (χ4n) is 1.45. The molecule has 3 nitrogen and oxygen atoms in total. The molecule has 0 aromatic rings. The van der Waals surface area contributed by atoms with Gasteiger partial charge in [0, 0.05) is 6.54 Å².